The zero-order valence-corrected chi connectivity index (χ0v) is 13.6. The molecule has 3 N–H and O–H groups in total. The maximum atomic E-state index is 11.5. The van der Waals surface area contributed by atoms with Crippen LogP contribution in [0.25, 0.3) is 0 Å². The number of pyridine rings is 1. The number of carbonyl (C=O) groups is 1. The number of aryl methyl sites for hydroxylation is 1. The van der Waals surface area contributed by atoms with E-state index in [-0.39, 0.29) is 5.91 Å². The molecule has 1 fully saturated rings. The van der Waals surface area contributed by atoms with E-state index in [2.05, 4.69) is 28.3 Å². The third-order valence-corrected chi connectivity index (χ3v) is 4.29. The predicted octanol–water partition coefficient (Wildman–Crippen LogP) is 1.64. The molecule has 1 amide bonds. The molecular formula is C17H28N4O. The average Bonchev–Trinajstić information content (AvgIpc) is 2.96. The molecule has 2 heterocycles. The molecule has 1 aromatic rings. The monoisotopic (exact) mass is 304 g/mol. The minimum atomic E-state index is 0.102. The average molecular weight is 304 g/mol. The van der Waals surface area contributed by atoms with Gasteiger partial charge in [0.1, 0.15) is 0 Å². The maximum absolute atomic E-state index is 11.5. The van der Waals surface area contributed by atoms with Gasteiger partial charge in [0.2, 0.25) is 5.91 Å². The Bertz CT molecular complexity index is 477. The van der Waals surface area contributed by atoms with Gasteiger partial charge >= 0.3 is 0 Å². The third kappa shape index (κ3) is 5.07. The highest BCUT2D eigenvalue weighted by molar-refractivity contribution is 5.75. The first kappa shape index (κ1) is 16.9. The third-order valence-electron chi connectivity index (χ3n) is 4.29. The van der Waals surface area contributed by atoms with Crippen LogP contribution >= 0.6 is 0 Å². The molecule has 0 radical (unpaired) electrons. The van der Waals surface area contributed by atoms with Crippen molar-refractivity contribution in [2.75, 3.05) is 26.7 Å². The van der Waals surface area contributed by atoms with Crippen molar-refractivity contribution in [1.29, 1.82) is 0 Å². The summed E-state index contributed by atoms with van der Waals surface area (Å²) in [6.45, 7) is 2.46. The van der Waals surface area contributed by atoms with Crippen LogP contribution < -0.4 is 11.1 Å². The lowest BCUT2D eigenvalue weighted by Gasteiger charge is -2.19. The van der Waals surface area contributed by atoms with E-state index < -0.39 is 0 Å². The van der Waals surface area contributed by atoms with Gasteiger partial charge in [-0.25, -0.2) is 0 Å². The largest absolute Gasteiger partial charge is 0.356 e. The molecule has 0 aliphatic carbocycles. The first-order chi connectivity index (χ1) is 10.7. The second-order valence-electron chi connectivity index (χ2n) is 6.11. The summed E-state index contributed by atoms with van der Waals surface area (Å²) < 4.78 is 0. The molecule has 0 aromatic carbocycles. The molecule has 5 nitrogen and oxygen atoms in total. The van der Waals surface area contributed by atoms with Gasteiger partial charge in [-0.05, 0) is 63.4 Å². The van der Waals surface area contributed by atoms with E-state index in [0.29, 0.717) is 19.0 Å². The van der Waals surface area contributed by atoms with Gasteiger partial charge in [0, 0.05) is 31.4 Å². The molecule has 22 heavy (non-hydrogen) atoms. The number of aromatic nitrogens is 1. The van der Waals surface area contributed by atoms with Gasteiger partial charge < -0.3 is 11.1 Å². The Hall–Kier alpha value is -1.46. The number of hydrogen-bond acceptors (Lipinski definition) is 4. The highest BCUT2D eigenvalue weighted by Gasteiger charge is 2.22. The number of amides is 1. The molecule has 0 bridgehead atoms. The molecule has 122 valence electrons. The van der Waals surface area contributed by atoms with Crippen LogP contribution in [0.5, 0.6) is 0 Å². The molecule has 1 aliphatic rings. The fourth-order valence-corrected chi connectivity index (χ4v) is 3.03. The van der Waals surface area contributed by atoms with Crippen LogP contribution in [0.3, 0.4) is 0 Å². The number of likely N-dealkylation sites (tertiary alicyclic amines) is 1. The topological polar surface area (TPSA) is 71.2 Å². The Morgan fingerprint density at radius 2 is 2.32 bits per heavy atom. The van der Waals surface area contributed by atoms with Gasteiger partial charge in [-0.2, -0.15) is 0 Å². The zero-order chi connectivity index (χ0) is 15.8. The van der Waals surface area contributed by atoms with Gasteiger partial charge in [-0.1, -0.05) is 6.07 Å². The second-order valence-corrected chi connectivity index (χ2v) is 6.11. The summed E-state index contributed by atoms with van der Waals surface area (Å²) in [6.07, 6.45) is 9.60. The van der Waals surface area contributed by atoms with Crippen molar-refractivity contribution >= 4 is 5.91 Å². The summed E-state index contributed by atoms with van der Waals surface area (Å²) in [7, 11) is 2.18. The summed E-state index contributed by atoms with van der Waals surface area (Å²) in [5.41, 5.74) is 7.97. The SMILES string of the molecule is CN1CCCC1c1cncc(CCCNC(=O)CCCN)c1. The summed E-state index contributed by atoms with van der Waals surface area (Å²) in [5, 5.41) is 2.94. The van der Waals surface area contributed by atoms with Crippen LogP contribution in [0.2, 0.25) is 0 Å². The van der Waals surface area contributed by atoms with E-state index >= 15 is 0 Å². The minimum absolute atomic E-state index is 0.102. The predicted molar refractivity (Wildman–Crippen MR) is 88.5 cm³/mol. The molecule has 1 atom stereocenters. The number of nitrogens with two attached hydrogens (primary N) is 1. The van der Waals surface area contributed by atoms with Crippen molar-refractivity contribution < 1.29 is 4.79 Å². The second kappa shape index (κ2) is 8.86. The van der Waals surface area contributed by atoms with Crippen molar-refractivity contribution in [3.63, 3.8) is 0 Å². The lowest BCUT2D eigenvalue weighted by Crippen LogP contribution is -2.25. The van der Waals surface area contributed by atoms with Crippen LogP contribution in [-0.4, -0.2) is 42.5 Å². The first-order valence-electron chi connectivity index (χ1n) is 8.31. The smallest absolute Gasteiger partial charge is 0.220 e. The summed E-state index contributed by atoms with van der Waals surface area (Å²) in [5.74, 6) is 0.102. The van der Waals surface area contributed by atoms with Crippen molar-refractivity contribution in [1.82, 2.24) is 15.2 Å². The van der Waals surface area contributed by atoms with Crippen molar-refractivity contribution in [3.05, 3.63) is 29.6 Å². The van der Waals surface area contributed by atoms with Crippen molar-refractivity contribution in [2.24, 2.45) is 5.73 Å². The standard InChI is InChI=1S/C17H28N4O/c1-21-10-4-6-16(21)15-11-14(12-19-13-15)5-3-9-20-17(22)7-2-8-18/h11-13,16H,2-10,18H2,1H3,(H,20,22). The Kier molecular flexibility index (Phi) is 6.80. The van der Waals surface area contributed by atoms with Crippen LogP contribution in [0.1, 0.15) is 49.3 Å². The molecule has 2 rings (SSSR count). The molecule has 0 spiro atoms. The van der Waals surface area contributed by atoms with Gasteiger partial charge in [0.15, 0.2) is 0 Å². The number of hydrogen-bond donors (Lipinski definition) is 2. The molecule has 0 saturated carbocycles. The summed E-state index contributed by atoms with van der Waals surface area (Å²) in [4.78, 5) is 18.3. The normalized spacial score (nSPS) is 18.5. The fourth-order valence-electron chi connectivity index (χ4n) is 3.03. The van der Waals surface area contributed by atoms with Gasteiger partial charge in [0.05, 0.1) is 0 Å². The molecule has 1 aliphatic heterocycles. The van der Waals surface area contributed by atoms with E-state index in [1.165, 1.54) is 30.5 Å². The van der Waals surface area contributed by atoms with Gasteiger partial charge in [0.25, 0.3) is 0 Å². The molecule has 1 saturated heterocycles. The number of carbonyl (C=O) groups excluding carboxylic acids is 1. The van der Waals surface area contributed by atoms with Crippen molar-refractivity contribution in [3.8, 4) is 0 Å². The van der Waals surface area contributed by atoms with E-state index in [1.54, 1.807) is 0 Å². The maximum Gasteiger partial charge on any atom is 0.220 e. The lowest BCUT2D eigenvalue weighted by atomic mass is 10.0. The molecular weight excluding hydrogens is 276 g/mol. The fraction of sp³-hybridized carbons (Fsp3) is 0.647. The number of nitrogens with zero attached hydrogens (tertiary/aromatic N) is 2. The van der Waals surface area contributed by atoms with Crippen molar-refractivity contribution in [2.45, 2.75) is 44.6 Å². The highest BCUT2D eigenvalue weighted by Crippen LogP contribution is 2.30. The number of nitrogens with one attached hydrogen (secondary N) is 1. The quantitative estimate of drug-likeness (QED) is 0.716. The van der Waals surface area contributed by atoms with Crippen LogP contribution in [-0.2, 0) is 11.2 Å². The zero-order valence-electron chi connectivity index (χ0n) is 13.6. The Morgan fingerprint density at radius 1 is 1.45 bits per heavy atom. The molecule has 1 unspecified atom stereocenters. The van der Waals surface area contributed by atoms with Crippen LogP contribution in [0, 0.1) is 0 Å². The van der Waals surface area contributed by atoms with E-state index in [0.717, 1.165) is 25.8 Å². The summed E-state index contributed by atoms with van der Waals surface area (Å²) in [6, 6.07) is 2.79. The van der Waals surface area contributed by atoms with E-state index in [4.69, 9.17) is 5.73 Å². The first-order valence-corrected chi connectivity index (χ1v) is 8.31. The van der Waals surface area contributed by atoms with E-state index in [1.807, 2.05) is 12.4 Å². The van der Waals surface area contributed by atoms with Gasteiger partial charge in [-0.15, -0.1) is 0 Å². The van der Waals surface area contributed by atoms with Crippen LogP contribution in [0.4, 0.5) is 0 Å². The summed E-state index contributed by atoms with van der Waals surface area (Å²) >= 11 is 0. The van der Waals surface area contributed by atoms with Gasteiger partial charge in [-0.3, -0.25) is 14.7 Å². The highest BCUT2D eigenvalue weighted by atomic mass is 16.1. The molecule has 5 heteroatoms. The number of rotatable bonds is 8. The Balaban J connectivity index is 1.75. The van der Waals surface area contributed by atoms with Crippen LogP contribution in [0.15, 0.2) is 18.5 Å². The minimum Gasteiger partial charge on any atom is -0.356 e. The Morgan fingerprint density at radius 3 is 3.05 bits per heavy atom. The van der Waals surface area contributed by atoms with E-state index in [9.17, 15) is 4.79 Å². The molecule has 1 aromatic heterocycles. The Labute approximate surface area is 133 Å². The lowest BCUT2D eigenvalue weighted by molar-refractivity contribution is -0.121.